The van der Waals surface area contributed by atoms with Gasteiger partial charge >= 0.3 is 0 Å². The SMILES string of the molecule is CC(C)CCCN1C(=O)C(C#N)C(=O)C1C. The molecule has 1 aliphatic rings. The van der Waals surface area contributed by atoms with Crippen LogP contribution in [0.5, 0.6) is 0 Å². The second-order valence-corrected chi connectivity index (χ2v) is 4.71. The van der Waals surface area contributed by atoms with Crippen LogP contribution < -0.4 is 0 Å². The van der Waals surface area contributed by atoms with Gasteiger partial charge in [-0.25, -0.2) is 0 Å². The van der Waals surface area contributed by atoms with Gasteiger partial charge < -0.3 is 4.90 Å². The van der Waals surface area contributed by atoms with Gasteiger partial charge in [0.15, 0.2) is 11.7 Å². The van der Waals surface area contributed by atoms with Crippen LogP contribution in [0.15, 0.2) is 0 Å². The van der Waals surface area contributed by atoms with Gasteiger partial charge in [-0.2, -0.15) is 5.26 Å². The first-order valence-electron chi connectivity index (χ1n) is 5.72. The van der Waals surface area contributed by atoms with Crippen LogP contribution in [0, 0.1) is 23.2 Å². The summed E-state index contributed by atoms with van der Waals surface area (Å²) in [6.45, 7) is 6.53. The van der Waals surface area contributed by atoms with Crippen molar-refractivity contribution in [2.45, 2.75) is 39.7 Å². The maximum Gasteiger partial charge on any atom is 0.248 e. The van der Waals surface area contributed by atoms with Crippen LogP contribution in [0.2, 0.25) is 0 Å². The summed E-state index contributed by atoms with van der Waals surface area (Å²) >= 11 is 0. The predicted molar refractivity (Wildman–Crippen MR) is 59.4 cm³/mol. The molecule has 16 heavy (non-hydrogen) atoms. The Labute approximate surface area is 96.2 Å². The van der Waals surface area contributed by atoms with Crippen molar-refractivity contribution in [1.29, 1.82) is 5.26 Å². The van der Waals surface area contributed by atoms with Crippen LogP contribution in [0.3, 0.4) is 0 Å². The molecule has 0 bridgehead atoms. The molecule has 2 atom stereocenters. The lowest BCUT2D eigenvalue weighted by molar-refractivity contribution is -0.130. The average molecular weight is 222 g/mol. The minimum absolute atomic E-state index is 0.253. The standard InChI is InChI=1S/C12H18N2O2/c1-8(2)5-4-6-14-9(3)11(15)10(7-13)12(14)16/h8-10H,4-6H2,1-3H3. The molecule has 1 amide bonds. The van der Waals surface area contributed by atoms with Gasteiger partial charge in [0.2, 0.25) is 5.91 Å². The van der Waals surface area contributed by atoms with Crippen molar-refractivity contribution < 1.29 is 9.59 Å². The average Bonchev–Trinajstić information content (AvgIpc) is 2.41. The van der Waals surface area contributed by atoms with E-state index in [9.17, 15) is 9.59 Å². The number of hydrogen-bond donors (Lipinski definition) is 0. The van der Waals surface area contributed by atoms with Crippen molar-refractivity contribution in [3.8, 4) is 6.07 Å². The van der Waals surface area contributed by atoms with E-state index in [1.807, 2.05) is 0 Å². The number of carbonyl (C=O) groups is 2. The van der Waals surface area contributed by atoms with E-state index in [2.05, 4.69) is 13.8 Å². The third-order valence-corrected chi connectivity index (χ3v) is 3.00. The summed E-state index contributed by atoms with van der Waals surface area (Å²) in [6, 6.07) is 1.36. The monoisotopic (exact) mass is 222 g/mol. The maximum atomic E-state index is 11.7. The molecule has 1 fully saturated rings. The molecule has 0 aromatic heterocycles. The van der Waals surface area contributed by atoms with E-state index in [0.29, 0.717) is 12.5 Å². The van der Waals surface area contributed by atoms with Crippen LogP contribution in [-0.4, -0.2) is 29.2 Å². The van der Waals surface area contributed by atoms with E-state index < -0.39 is 12.0 Å². The van der Waals surface area contributed by atoms with Crippen LogP contribution in [0.4, 0.5) is 0 Å². The largest absolute Gasteiger partial charge is 0.331 e. The first kappa shape index (κ1) is 12.7. The molecule has 1 heterocycles. The summed E-state index contributed by atoms with van der Waals surface area (Å²) in [5, 5.41) is 8.74. The fourth-order valence-corrected chi connectivity index (χ4v) is 1.97. The molecule has 0 radical (unpaired) electrons. The lowest BCUT2D eigenvalue weighted by Gasteiger charge is -2.20. The molecule has 0 spiro atoms. The van der Waals surface area contributed by atoms with E-state index in [1.54, 1.807) is 17.9 Å². The zero-order chi connectivity index (χ0) is 12.3. The van der Waals surface area contributed by atoms with Gasteiger partial charge in [0, 0.05) is 6.54 Å². The maximum absolute atomic E-state index is 11.7. The second-order valence-electron chi connectivity index (χ2n) is 4.71. The van der Waals surface area contributed by atoms with Crippen LogP contribution in [0.25, 0.3) is 0 Å². The number of Topliss-reactive ketones (excluding diaryl/α,β-unsaturated/α-hetero) is 1. The second kappa shape index (κ2) is 5.11. The zero-order valence-corrected chi connectivity index (χ0v) is 10.1. The molecule has 0 aromatic carbocycles. The quantitative estimate of drug-likeness (QED) is 0.675. The van der Waals surface area contributed by atoms with Crippen LogP contribution in [-0.2, 0) is 9.59 Å². The first-order valence-corrected chi connectivity index (χ1v) is 5.72. The Bertz CT molecular complexity index is 330. The minimum Gasteiger partial charge on any atom is -0.331 e. The van der Waals surface area contributed by atoms with Gasteiger partial charge in [0.1, 0.15) is 0 Å². The van der Waals surface area contributed by atoms with Gasteiger partial charge in [-0.15, -0.1) is 0 Å². The fourth-order valence-electron chi connectivity index (χ4n) is 1.97. The van der Waals surface area contributed by atoms with Crippen molar-refractivity contribution in [1.82, 2.24) is 4.90 Å². The Morgan fingerprint density at radius 2 is 2.06 bits per heavy atom. The van der Waals surface area contributed by atoms with E-state index >= 15 is 0 Å². The molecule has 1 saturated heterocycles. The Morgan fingerprint density at radius 1 is 1.44 bits per heavy atom. The normalized spacial score (nSPS) is 25.3. The lowest BCUT2D eigenvalue weighted by atomic mass is 10.1. The third kappa shape index (κ3) is 2.41. The smallest absolute Gasteiger partial charge is 0.248 e. The van der Waals surface area contributed by atoms with E-state index in [1.165, 1.54) is 0 Å². The number of rotatable bonds is 4. The first-order chi connectivity index (χ1) is 7.49. The molecule has 0 saturated carbocycles. The van der Waals surface area contributed by atoms with Gasteiger partial charge in [-0.05, 0) is 25.7 Å². The molecule has 4 nitrogen and oxygen atoms in total. The third-order valence-electron chi connectivity index (χ3n) is 3.00. The number of hydrogen-bond acceptors (Lipinski definition) is 3. The Morgan fingerprint density at radius 3 is 2.50 bits per heavy atom. The number of carbonyl (C=O) groups excluding carboxylic acids is 2. The fraction of sp³-hybridized carbons (Fsp3) is 0.750. The molecule has 0 aliphatic carbocycles. The Balaban J connectivity index is 2.58. The summed E-state index contributed by atoms with van der Waals surface area (Å²) in [6.07, 6.45) is 1.92. The summed E-state index contributed by atoms with van der Waals surface area (Å²) < 4.78 is 0. The van der Waals surface area contributed by atoms with Crippen LogP contribution in [0.1, 0.15) is 33.6 Å². The molecular formula is C12H18N2O2. The lowest BCUT2D eigenvalue weighted by Crippen LogP contribution is -2.34. The molecule has 0 N–H and O–H groups in total. The molecule has 2 unspecified atom stereocenters. The molecule has 1 aliphatic heterocycles. The van der Waals surface area contributed by atoms with Gasteiger partial charge in [-0.3, -0.25) is 9.59 Å². The number of likely N-dealkylation sites (tertiary alicyclic amines) is 1. The highest BCUT2D eigenvalue weighted by Crippen LogP contribution is 2.21. The topological polar surface area (TPSA) is 61.2 Å². The van der Waals surface area contributed by atoms with Crippen LogP contribution >= 0.6 is 0 Å². The minimum atomic E-state index is -1.06. The van der Waals surface area contributed by atoms with E-state index in [-0.39, 0.29) is 11.7 Å². The van der Waals surface area contributed by atoms with Crippen molar-refractivity contribution >= 4 is 11.7 Å². The number of nitrogens with zero attached hydrogens (tertiary/aromatic N) is 2. The number of amides is 1. The summed E-state index contributed by atoms with van der Waals surface area (Å²) in [5.41, 5.74) is 0. The highest BCUT2D eigenvalue weighted by molar-refractivity contribution is 6.12. The summed E-state index contributed by atoms with van der Waals surface area (Å²) in [4.78, 5) is 24.8. The van der Waals surface area contributed by atoms with Crippen molar-refractivity contribution in [3.63, 3.8) is 0 Å². The van der Waals surface area contributed by atoms with Gasteiger partial charge in [-0.1, -0.05) is 13.8 Å². The molecule has 88 valence electrons. The summed E-state index contributed by atoms with van der Waals surface area (Å²) in [5.74, 6) is -1.04. The molecule has 0 aromatic rings. The highest BCUT2D eigenvalue weighted by atomic mass is 16.2. The van der Waals surface area contributed by atoms with Gasteiger partial charge in [0.05, 0.1) is 12.1 Å². The van der Waals surface area contributed by atoms with E-state index in [0.717, 1.165) is 12.8 Å². The Kier molecular flexibility index (Phi) is 4.05. The van der Waals surface area contributed by atoms with Crippen molar-refractivity contribution in [3.05, 3.63) is 0 Å². The highest BCUT2D eigenvalue weighted by Gasteiger charge is 2.44. The zero-order valence-electron chi connectivity index (χ0n) is 10.1. The van der Waals surface area contributed by atoms with Gasteiger partial charge in [0.25, 0.3) is 0 Å². The molecule has 1 rings (SSSR count). The summed E-state index contributed by atoms with van der Waals surface area (Å²) in [7, 11) is 0. The number of nitriles is 1. The Hall–Kier alpha value is -1.37. The number of ketones is 1. The predicted octanol–water partition coefficient (Wildman–Crippen LogP) is 1.36. The molecule has 4 heteroatoms. The van der Waals surface area contributed by atoms with E-state index in [4.69, 9.17) is 5.26 Å². The van der Waals surface area contributed by atoms with Crippen molar-refractivity contribution in [2.75, 3.05) is 6.54 Å². The molecular weight excluding hydrogens is 204 g/mol. The van der Waals surface area contributed by atoms with Crippen molar-refractivity contribution in [2.24, 2.45) is 11.8 Å².